The fraction of sp³-hybridized carbons (Fsp3) is 0.278. The summed E-state index contributed by atoms with van der Waals surface area (Å²) < 4.78 is 11.0. The monoisotopic (exact) mass is 308 g/mol. The van der Waals surface area contributed by atoms with Gasteiger partial charge in [-0.2, -0.15) is 10.2 Å². The van der Waals surface area contributed by atoms with E-state index < -0.39 is 5.54 Å². The first-order chi connectivity index (χ1) is 11.2. The minimum atomic E-state index is -0.955. The highest BCUT2D eigenvalue weighted by Crippen LogP contribution is 2.44. The van der Waals surface area contributed by atoms with Gasteiger partial charge in [-0.15, -0.1) is 0 Å². The van der Waals surface area contributed by atoms with Crippen LogP contribution < -0.4 is 9.47 Å². The van der Waals surface area contributed by atoms with Gasteiger partial charge in [0.1, 0.15) is 18.1 Å². The van der Waals surface area contributed by atoms with E-state index in [4.69, 9.17) is 9.47 Å². The second-order valence-corrected chi connectivity index (χ2v) is 5.79. The number of fused-ring (bicyclic) bond motifs is 1. The normalized spacial score (nSPS) is 25.3. The van der Waals surface area contributed by atoms with Gasteiger partial charge in [-0.3, -0.25) is 4.79 Å². The van der Waals surface area contributed by atoms with Crippen LogP contribution in [0.5, 0.6) is 11.5 Å². The zero-order valence-corrected chi connectivity index (χ0v) is 12.7. The summed E-state index contributed by atoms with van der Waals surface area (Å²) in [6.45, 7) is 0.715. The highest BCUT2D eigenvalue weighted by Gasteiger charge is 2.53. The molecule has 2 unspecified atom stereocenters. The van der Waals surface area contributed by atoms with Gasteiger partial charge in [0.15, 0.2) is 11.3 Å². The van der Waals surface area contributed by atoms with Gasteiger partial charge in [0, 0.05) is 5.92 Å². The molecular formula is C18H16N2O3. The number of ether oxygens (including phenoxy) is 2. The molecule has 2 heterocycles. The summed E-state index contributed by atoms with van der Waals surface area (Å²) >= 11 is 0. The molecule has 2 aliphatic heterocycles. The van der Waals surface area contributed by atoms with Gasteiger partial charge in [-0.1, -0.05) is 24.3 Å². The Kier molecular flexibility index (Phi) is 3.15. The molecule has 4 rings (SSSR count). The number of carbonyl (C=O) groups is 1. The van der Waals surface area contributed by atoms with Gasteiger partial charge in [0.25, 0.3) is 0 Å². The van der Waals surface area contributed by atoms with Crippen LogP contribution in [-0.4, -0.2) is 31.6 Å². The summed E-state index contributed by atoms with van der Waals surface area (Å²) in [7, 11) is 1.63. The number of ketones is 1. The molecule has 5 heteroatoms. The van der Waals surface area contributed by atoms with Crippen LogP contribution in [0.3, 0.4) is 0 Å². The third-order valence-electron chi connectivity index (χ3n) is 4.58. The second kappa shape index (κ2) is 5.19. The van der Waals surface area contributed by atoms with Crippen molar-refractivity contribution in [1.29, 1.82) is 0 Å². The number of methoxy groups -OCH3 is 1. The van der Waals surface area contributed by atoms with E-state index in [9.17, 15) is 4.79 Å². The number of azo groups is 1. The molecule has 5 nitrogen and oxygen atoms in total. The molecular weight excluding hydrogens is 292 g/mol. The maximum Gasteiger partial charge on any atom is 0.200 e. The third kappa shape index (κ3) is 2.04. The van der Waals surface area contributed by atoms with E-state index in [-0.39, 0.29) is 18.3 Å². The summed E-state index contributed by atoms with van der Waals surface area (Å²) in [5, 5.41) is 8.50. The molecule has 0 N–H and O–H groups in total. The second-order valence-electron chi connectivity index (χ2n) is 5.79. The van der Waals surface area contributed by atoms with E-state index in [1.54, 1.807) is 13.2 Å². The first kappa shape index (κ1) is 13.9. The zero-order chi connectivity index (χ0) is 15.9. The van der Waals surface area contributed by atoms with Crippen molar-refractivity contribution in [2.24, 2.45) is 10.2 Å². The van der Waals surface area contributed by atoms with E-state index in [1.165, 1.54) is 0 Å². The lowest BCUT2D eigenvalue weighted by molar-refractivity contribution is 0.0759. The Balaban J connectivity index is 1.74. The van der Waals surface area contributed by atoms with Crippen LogP contribution >= 0.6 is 0 Å². The SMILES string of the molecule is COc1ccc(C2CN=NC23COc2ccccc2C3=O)cc1. The van der Waals surface area contributed by atoms with Crippen LogP contribution in [0.1, 0.15) is 21.8 Å². The number of hydrogen-bond donors (Lipinski definition) is 0. The Labute approximate surface area is 134 Å². The van der Waals surface area contributed by atoms with Crippen molar-refractivity contribution >= 4 is 5.78 Å². The topological polar surface area (TPSA) is 60.3 Å². The average molecular weight is 308 g/mol. The number of carbonyl (C=O) groups excluding carboxylic acids is 1. The molecule has 2 aromatic carbocycles. The highest BCUT2D eigenvalue weighted by atomic mass is 16.5. The summed E-state index contributed by atoms with van der Waals surface area (Å²) in [6.07, 6.45) is 0. The molecule has 23 heavy (non-hydrogen) atoms. The molecule has 0 fully saturated rings. The fourth-order valence-electron chi connectivity index (χ4n) is 3.29. The van der Waals surface area contributed by atoms with Crippen molar-refractivity contribution in [2.45, 2.75) is 11.5 Å². The molecule has 0 saturated heterocycles. The molecule has 0 bridgehead atoms. The molecule has 2 aromatic rings. The Morgan fingerprint density at radius 1 is 1.17 bits per heavy atom. The minimum absolute atomic E-state index is 0.0126. The Hall–Kier alpha value is -2.69. The van der Waals surface area contributed by atoms with Crippen LogP contribution in [-0.2, 0) is 0 Å². The molecule has 0 aliphatic carbocycles. The van der Waals surface area contributed by atoms with E-state index in [0.717, 1.165) is 11.3 Å². The van der Waals surface area contributed by atoms with Crippen LogP contribution in [0.4, 0.5) is 0 Å². The number of para-hydroxylation sites is 1. The molecule has 0 saturated carbocycles. The van der Waals surface area contributed by atoms with Crippen molar-refractivity contribution in [1.82, 2.24) is 0 Å². The quantitative estimate of drug-likeness (QED) is 0.855. The maximum absolute atomic E-state index is 13.1. The number of hydrogen-bond acceptors (Lipinski definition) is 5. The predicted molar refractivity (Wildman–Crippen MR) is 84.5 cm³/mol. The summed E-state index contributed by atoms with van der Waals surface area (Å²) in [5.74, 6) is 1.28. The van der Waals surface area contributed by atoms with Crippen molar-refractivity contribution in [2.75, 3.05) is 20.3 Å². The summed E-state index contributed by atoms with van der Waals surface area (Å²) in [4.78, 5) is 13.1. The van der Waals surface area contributed by atoms with Gasteiger partial charge in [0.2, 0.25) is 0 Å². The molecule has 1 spiro atoms. The van der Waals surface area contributed by atoms with Crippen LogP contribution in [0, 0.1) is 0 Å². The maximum atomic E-state index is 13.1. The number of nitrogens with zero attached hydrogens (tertiary/aromatic N) is 2. The molecule has 2 aliphatic rings. The first-order valence-corrected chi connectivity index (χ1v) is 7.54. The molecule has 0 aromatic heterocycles. The predicted octanol–water partition coefficient (Wildman–Crippen LogP) is 3.26. The van der Waals surface area contributed by atoms with Crippen LogP contribution in [0.15, 0.2) is 58.8 Å². The molecule has 0 radical (unpaired) electrons. The Morgan fingerprint density at radius 2 is 1.96 bits per heavy atom. The van der Waals surface area contributed by atoms with Gasteiger partial charge >= 0.3 is 0 Å². The minimum Gasteiger partial charge on any atom is -0.497 e. The largest absolute Gasteiger partial charge is 0.497 e. The Morgan fingerprint density at radius 3 is 2.74 bits per heavy atom. The van der Waals surface area contributed by atoms with Crippen molar-refractivity contribution in [3.8, 4) is 11.5 Å². The van der Waals surface area contributed by atoms with Crippen molar-refractivity contribution < 1.29 is 14.3 Å². The van der Waals surface area contributed by atoms with Crippen LogP contribution in [0.2, 0.25) is 0 Å². The number of Topliss-reactive ketones (excluding diaryl/α,β-unsaturated/α-hetero) is 1. The molecule has 2 atom stereocenters. The number of rotatable bonds is 2. The smallest absolute Gasteiger partial charge is 0.200 e. The van der Waals surface area contributed by atoms with Crippen LogP contribution in [0.25, 0.3) is 0 Å². The van der Waals surface area contributed by atoms with E-state index >= 15 is 0 Å². The lowest BCUT2D eigenvalue weighted by Gasteiger charge is -2.34. The lowest BCUT2D eigenvalue weighted by Crippen LogP contribution is -2.49. The Bertz CT molecular complexity index is 785. The highest BCUT2D eigenvalue weighted by molar-refractivity contribution is 6.07. The van der Waals surface area contributed by atoms with Gasteiger partial charge < -0.3 is 9.47 Å². The summed E-state index contributed by atoms with van der Waals surface area (Å²) in [5.41, 5.74) is 0.647. The van der Waals surface area contributed by atoms with Gasteiger partial charge in [-0.05, 0) is 29.8 Å². The van der Waals surface area contributed by atoms with E-state index in [2.05, 4.69) is 10.2 Å². The zero-order valence-electron chi connectivity index (χ0n) is 12.7. The number of benzene rings is 2. The van der Waals surface area contributed by atoms with E-state index in [1.807, 2.05) is 42.5 Å². The molecule has 0 amide bonds. The van der Waals surface area contributed by atoms with Crippen molar-refractivity contribution in [3.05, 3.63) is 59.7 Å². The lowest BCUT2D eigenvalue weighted by atomic mass is 9.75. The molecule has 116 valence electrons. The third-order valence-corrected chi connectivity index (χ3v) is 4.58. The van der Waals surface area contributed by atoms with E-state index in [0.29, 0.717) is 17.9 Å². The average Bonchev–Trinajstić information content (AvgIpc) is 3.03. The summed E-state index contributed by atoms with van der Waals surface area (Å²) in [6, 6.07) is 15.0. The first-order valence-electron chi connectivity index (χ1n) is 7.54. The van der Waals surface area contributed by atoms with Gasteiger partial charge in [0.05, 0.1) is 19.2 Å². The van der Waals surface area contributed by atoms with Gasteiger partial charge in [-0.25, -0.2) is 0 Å². The van der Waals surface area contributed by atoms with Crippen molar-refractivity contribution in [3.63, 3.8) is 0 Å². The standard InChI is InChI=1S/C18H16N2O3/c1-22-13-8-6-12(7-9-13)15-10-19-20-18(15)11-23-16-5-3-2-4-14(16)17(18)21/h2-9,15H,10-11H2,1H3. The fourth-order valence-corrected chi connectivity index (χ4v) is 3.29.